The summed E-state index contributed by atoms with van der Waals surface area (Å²) in [6.07, 6.45) is 4.02. The molecule has 0 aliphatic carbocycles. The van der Waals surface area contributed by atoms with Crippen molar-refractivity contribution in [2.45, 2.75) is 0 Å². The molecule has 27 heavy (non-hydrogen) atoms. The number of hydrogen-bond acceptors (Lipinski definition) is 5. The summed E-state index contributed by atoms with van der Waals surface area (Å²) in [6.45, 7) is 6.11. The molecule has 6 nitrogen and oxygen atoms in total. The third-order valence-electron chi connectivity index (χ3n) is 5.50. The Morgan fingerprint density at radius 3 is 2.44 bits per heavy atom. The van der Waals surface area contributed by atoms with Gasteiger partial charge >= 0.3 is 0 Å². The van der Waals surface area contributed by atoms with Gasteiger partial charge in [-0.25, -0.2) is 4.52 Å². The highest BCUT2D eigenvalue weighted by Gasteiger charge is 2.17. The van der Waals surface area contributed by atoms with Crippen LogP contribution in [0.2, 0.25) is 0 Å². The third-order valence-corrected chi connectivity index (χ3v) is 5.50. The number of likely N-dealkylation sites (N-methyl/N-ethyl adjacent to an activating group) is 1. The van der Waals surface area contributed by atoms with Crippen LogP contribution < -0.4 is 10.2 Å². The lowest BCUT2D eigenvalue weighted by molar-refractivity contribution is 0.313. The molecule has 0 radical (unpaired) electrons. The van der Waals surface area contributed by atoms with E-state index < -0.39 is 0 Å². The zero-order chi connectivity index (χ0) is 18.2. The lowest BCUT2D eigenvalue weighted by Gasteiger charge is -2.34. The van der Waals surface area contributed by atoms with Crippen molar-refractivity contribution >= 4 is 17.0 Å². The molecule has 0 amide bonds. The van der Waals surface area contributed by atoms with Gasteiger partial charge in [0.15, 0.2) is 0 Å². The van der Waals surface area contributed by atoms with E-state index in [4.69, 9.17) is 0 Å². The Kier molecular flexibility index (Phi) is 4.05. The number of hydrogen-bond donors (Lipinski definition) is 1. The van der Waals surface area contributed by atoms with Gasteiger partial charge in [0, 0.05) is 56.2 Å². The number of fused-ring (bicyclic) bond motifs is 1. The zero-order valence-electron chi connectivity index (χ0n) is 15.6. The fourth-order valence-electron chi connectivity index (χ4n) is 3.88. The van der Waals surface area contributed by atoms with E-state index in [-0.39, 0.29) is 0 Å². The van der Waals surface area contributed by atoms with Crippen LogP contribution in [0.15, 0.2) is 53.8 Å². The molecule has 5 rings (SSSR count). The summed E-state index contributed by atoms with van der Waals surface area (Å²) < 4.78 is 2.00. The van der Waals surface area contributed by atoms with E-state index >= 15 is 0 Å². The van der Waals surface area contributed by atoms with Gasteiger partial charge in [0.25, 0.3) is 0 Å². The minimum Gasteiger partial charge on any atom is -0.368 e. The van der Waals surface area contributed by atoms with Crippen LogP contribution in [0.3, 0.4) is 0 Å². The van der Waals surface area contributed by atoms with E-state index in [9.17, 15) is 0 Å². The van der Waals surface area contributed by atoms with Crippen molar-refractivity contribution in [3.8, 4) is 11.1 Å². The fraction of sp³-hybridized carbons (Fsp3) is 0.333. The van der Waals surface area contributed by atoms with Crippen molar-refractivity contribution in [1.82, 2.24) is 19.8 Å². The number of anilines is 1. The van der Waals surface area contributed by atoms with Crippen LogP contribution >= 0.6 is 0 Å². The van der Waals surface area contributed by atoms with Crippen molar-refractivity contribution in [1.29, 1.82) is 0 Å². The van der Waals surface area contributed by atoms with Crippen LogP contribution in [0.25, 0.3) is 16.6 Å². The molecule has 138 valence electrons. The van der Waals surface area contributed by atoms with Crippen LogP contribution in [-0.4, -0.2) is 66.7 Å². The average Bonchev–Trinajstić information content (AvgIpc) is 3.38. The minimum absolute atomic E-state index is 0.864. The second-order valence-electron chi connectivity index (χ2n) is 7.30. The van der Waals surface area contributed by atoms with Gasteiger partial charge < -0.3 is 15.1 Å². The van der Waals surface area contributed by atoms with E-state index in [1.807, 2.05) is 10.7 Å². The van der Waals surface area contributed by atoms with Crippen LogP contribution in [0.1, 0.15) is 5.56 Å². The van der Waals surface area contributed by atoms with Gasteiger partial charge in [-0.3, -0.25) is 4.99 Å². The first kappa shape index (κ1) is 16.3. The Hall–Kier alpha value is -2.86. The molecule has 0 bridgehead atoms. The standard InChI is InChI=1S/C21H24N6/c1-25-10-12-26(13-11-25)19-6-7-24-27-15-18(14-20(19)27)16-2-4-17(5-3-16)21-22-8-9-23-21/h2-7,14-15H,8-13H2,1H3,(H,22,23). The molecule has 6 heteroatoms. The first-order chi connectivity index (χ1) is 13.3. The summed E-state index contributed by atoms with van der Waals surface area (Å²) >= 11 is 0. The predicted molar refractivity (Wildman–Crippen MR) is 110 cm³/mol. The van der Waals surface area contributed by atoms with Crippen molar-refractivity contribution in [2.75, 3.05) is 51.2 Å². The minimum atomic E-state index is 0.864. The largest absolute Gasteiger partial charge is 0.368 e. The number of benzene rings is 1. The summed E-state index contributed by atoms with van der Waals surface area (Å²) in [4.78, 5) is 9.34. The van der Waals surface area contributed by atoms with Crippen molar-refractivity contribution in [3.63, 3.8) is 0 Å². The molecule has 2 aromatic heterocycles. The molecular weight excluding hydrogens is 336 g/mol. The first-order valence-electron chi connectivity index (χ1n) is 9.58. The van der Waals surface area contributed by atoms with Crippen LogP contribution in [-0.2, 0) is 0 Å². The normalized spacial score (nSPS) is 18.0. The number of aromatic nitrogens is 2. The summed E-state index contributed by atoms with van der Waals surface area (Å²) in [7, 11) is 2.19. The molecular formula is C21H24N6. The van der Waals surface area contributed by atoms with Crippen LogP contribution in [0.4, 0.5) is 5.69 Å². The molecule has 0 saturated carbocycles. The van der Waals surface area contributed by atoms with Crippen molar-refractivity contribution in [2.24, 2.45) is 4.99 Å². The molecule has 0 unspecified atom stereocenters. The zero-order valence-corrected chi connectivity index (χ0v) is 15.6. The molecule has 4 heterocycles. The van der Waals surface area contributed by atoms with E-state index in [1.165, 1.54) is 22.3 Å². The molecule has 3 aromatic rings. The molecule has 1 N–H and O–H groups in total. The molecule has 1 saturated heterocycles. The molecule has 1 aromatic carbocycles. The maximum Gasteiger partial charge on any atom is 0.128 e. The van der Waals surface area contributed by atoms with E-state index in [0.717, 1.165) is 50.7 Å². The highest BCUT2D eigenvalue weighted by atomic mass is 15.3. The SMILES string of the molecule is CN1CCN(c2ccnn3cc(-c4ccc(C5=NCCN5)cc4)cc23)CC1. The summed E-state index contributed by atoms with van der Waals surface area (Å²) in [5.74, 6) is 1.00. The Labute approximate surface area is 159 Å². The predicted octanol–water partition coefficient (Wildman–Crippen LogP) is 2.10. The lowest BCUT2D eigenvalue weighted by Crippen LogP contribution is -2.44. The van der Waals surface area contributed by atoms with Crippen molar-refractivity contribution < 1.29 is 0 Å². The molecule has 0 spiro atoms. The van der Waals surface area contributed by atoms with Crippen molar-refractivity contribution in [3.05, 3.63) is 54.4 Å². The number of nitrogens with zero attached hydrogens (tertiary/aromatic N) is 5. The number of aliphatic imine (C=N–C) groups is 1. The van der Waals surface area contributed by atoms with Crippen LogP contribution in [0.5, 0.6) is 0 Å². The molecule has 1 fully saturated rings. The lowest BCUT2D eigenvalue weighted by atomic mass is 10.1. The highest BCUT2D eigenvalue weighted by Crippen LogP contribution is 2.29. The second-order valence-corrected chi connectivity index (χ2v) is 7.30. The Balaban J connectivity index is 1.47. The second kappa shape index (κ2) is 6.70. The summed E-state index contributed by atoms with van der Waals surface area (Å²) in [5, 5.41) is 7.86. The number of rotatable bonds is 3. The maximum absolute atomic E-state index is 4.53. The van der Waals surface area contributed by atoms with Gasteiger partial charge in [0.2, 0.25) is 0 Å². The van der Waals surface area contributed by atoms with E-state index in [0.29, 0.717) is 0 Å². The topological polar surface area (TPSA) is 48.2 Å². The third kappa shape index (κ3) is 3.06. The average molecular weight is 360 g/mol. The first-order valence-corrected chi connectivity index (χ1v) is 9.58. The van der Waals surface area contributed by atoms with Gasteiger partial charge in [-0.1, -0.05) is 24.3 Å². The molecule has 0 atom stereocenters. The number of piperazine rings is 1. The quantitative estimate of drug-likeness (QED) is 0.777. The Morgan fingerprint density at radius 2 is 1.70 bits per heavy atom. The van der Waals surface area contributed by atoms with Gasteiger partial charge in [-0.15, -0.1) is 0 Å². The van der Waals surface area contributed by atoms with Gasteiger partial charge in [-0.05, 0) is 24.7 Å². The highest BCUT2D eigenvalue weighted by molar-refractivity contribution is 6.00. The molecule has 2 aliphatic heterocycles. The maximum atomic E-state index is 4.53. The number of amidine groups is 1. The van der Waals surface area contributed by atoms with E-state index in [2.05, 4.69) is 74.9 Å². The smallest absolute Gasteiger partial charge is 0.128 e. The summed E-state index contributed by atoms with van der Waals surface area (Å²) in [5.41, 5.74) is 5.98. The van der Waals surface area contributed by atoms with Gasteiger partial charge in [0.1, 0.15) is 5.84 Å². The van der Waals surface area contributed by atoms with E-state index in [1.54, 1.807) is 0 Å². The Bertz CT molecular complexity index is 980. The fourth-order valence-corrected chi connectivity index (χ4v) is 3.88. The number of nitrogens with one attached hydrogen (secondary N) is 1. The van der Waals surface area contributed by atoms with Crippen LogP contribution in [0, 0.1) is 0 Å². The summed E-state index contributed by atoms with van der Waals surface area (Å²) in [6, 6.07) is 13.0. The van der Waals surface area contributed by atoms with Gasteiger partial charge in [-0.2, -0.15) is 5.10 Å². The monoisotopic (exact) mass is 360 g/mol. The molecule has 2 aliphatic rings. The Morgan fingerprint density at radius 1 is 0.926 bits per heavy atom. The van der Waals surface area contributed by atoms with Gasteiger partial charge in [0.05, 0.1) is 17.7 Å².